The molecule has 2 aromatic rings. The van der Waals surface area contributed by atoms with Crippen molar-refractivity contribution in [1.29, 1.82) is 0 Å². The van der Waals surface area contributed by atoms with Crippen molar-refractivity contribution in [1.82, 2.24) is 20.2 Å². The number of hydrogen-bond donors (Lipinski definition) is 2. The van der Waals surface area contributed by atoms with Crippen LogP contribution in [-0.2, 0) is 0 Å². The number of aromatic amines is 1. The van der Waals surface area contributed by atoms with Gasteiger partial charge < -0.3 is 5.32 Å². The fourth-order valence-corrected chi connectivity index (χ4v) is 1.32. The highest BCUT2D eigenvalue weighted by molar-refractivity contribution is 5.46. The van der Waals surface area contributed by atoms with Gasteiger partial charge >= 0.3 is 0 Å². The molecule has 9 heteroatoms. The Balaban J connectivity index is 2.34. The maximum absolute atomic E-state index is 13.3. The van der Waals surface area contributed by atoms with Crippen LogP contribution < -0.4 is 5.32 Å². The van der Waals surface area contributed by atoms with Crippen LogP contribution >= 0.6 is 0 Å². The van der Waals surface area contributed by atoms with Crippen molar-refractivity contribution in [3.05, 3.63) is 35.7 Å². The number of nitrogens with zero attached hydrogens (tertiary/aromatic N) is 3. The van der Waals surface area contributed by atoms with Crippen molar-refractivity contribution in [3.63, 3.8) is 0 Å². The number of hydrogen-bond acceptors (Lipinski definition) is 4. The topological polar surface area (TPSA) is 66.5 Å². The molecule has 1 atom stereocenters. The minimum Gasteiger partial charge on any atom is -0.370 e. The molecule has 0 bridgehead atoms. The average Bonchev–Trinajstić information content (AvgIpc) is 2.85. The van der Waals surface area contributed by atoms with E-state index in [1.54, 1.807) is 0 Å². The number of anilines is 1. The van der Waals surface area contributed by atoms with Gasteiger partial charge in [-0.15, -0.1) is 0 Å². The minimum absolute atomic E-state index is 0.256. The molecule has 2 aromatic heterocycles. The van der Waals surface area contributed by atoms with Gasteiger partial charge in [-0.3, -0.25) is 5.10 Å². The highest BCUT2D eigenvalue weighted by atomic mass is 19.2. The molecule has 1 unspecified atom stereocenters. The molecule has 0 aliphatic heterocycles. The highest BCUT2D eigenvalue weighted by Gasteiger charge is 2.22. The van der Waals surface area contributed by atoms with Gasteiger partial charge in [-0.05, 0) is 6.92 Å². The molecule has 2 heterocycles. The Morgan fingerprint density at radius 3 is 2.28 bits per heavy atom. The number of aromatic nitrogens is 4. The third-order valence-electron chi connectivity index (χ3n) is 2.20. The second-order valence-corrected chi connectivity index (χ2v) is 3.43. The molecule has 0 radical (unpaired) electrons. The van der Waals surface area contributed by atoms with Crippen LogP contribution in [0.15, 0.2) is 6.33 Å². The van der Waals surface area contributed by atoms with Gasteiger partial charge in [0.2, 0.25) is 11.6 Å². The first-order valence-corrected chi connectivity index (χ1v) is 4.82. The minimum atomic E-state index is -1.72. The fraction of sp³-hybridized carbons (Fsp3) is 0.222. The van der Waals surface area contributed by atoms with Gasteiger partial charge in [-0.2, -0.15) is 27.6 Å². The summed E-state index contributed by atoms with van der Waals surface area (Å²) in [5.74, 6) is -6.38. The number of rotatable bonds is 3. The molecular weight excluding hydrogens is 254 g/mol. The summed E-state index contributed by atoms with van der Waals surface area (Å²) in [5, 5.41) is 8.25. The first-order valence-electron chi connectivity index (χ1n) is 4.82. The van der Waals surface area contributed by atoms with Crippen LogP contribution in [-0.4, -0.2) is 20.2 Å². The monoisotopic (exact) mass is 261 g/mol. The van der Waals surface area contributed by atoms with E-state index in [-0.39, 0.29) is 5.82 Å². The van der Waals surface area contributed by atoms with Crippen molar-refractivity contribution < 1.29 is 17.6 Å². The Morgan fingerprint density at radius 1 is 1.17 bits per heavy atom. The van der Waals surface area contributed by atoms with Crippen LogP contribution in [0.3, 0.4) is 0 Å². The predicted octanol–water partition coefficient (Wildman–Crippen LogP) is 1.93. The zero-order chi connectivity index (χ0) is 13.3. The summed E-state index contributed by atoms with van der Waals surface area (Å²) in [7, 11) is 0. The Morgan fingerprint density at radius 2 is 1.78 bits per heavy atom. The Labute approximate surface area is 98.3 Å². The number of halogens is 4. The van der Waals surface area contributed by atoms with Crippen LogP contribution in [0, 0.1) is 23.5 Å². The van der Waals surface area contributed by atoms with Crippen molar-refractivity contribution in [2.45, 2.75) is 13.0 Å². The summed E-state index contributed by atoms with van der Waals surface area (Å²) in [5.41, 5.74) is -0.941. The van der Waals surface area contributed by atoms with Crippen molar-refractivity contribution in [3.8, 4) is 0 Å². The SMILES string of the molecule is CC(Nc1c(F)c(F)nc(F)c1F)c1ncn[nH]1. The van der Waals surface area contributed by atoms with E-state index >= 15 is 0 Å². The average molecular weight is 261 g/mol. The van der Waals surface area contributed by atoms with E-state index in [0.717, 1.165) is 0 Å². The van der Waals surface area contributed by atoms with Crippen LogP contribution in [0.1, 0.15) is 18.8 Å². The van der Waals surface area contributed by atoms with Gasteiger partial charge in [-0.25, -0.2) is 4.98 Å². The highest BCUT2D eigenvalue weighted by Crippen LogP contribution is 2.25. The summed E-state index contributed by atoms with van der Waals surface area (Å²) < 4.78 is 52.3. The molecule has 0 saturated heterocycles. The summed E-state index contributed by atoms with van der Waals surface area (Å²) in [6.07, 6.45) is 1.19. The lowest BCUT2D eigenvalue weighted by atomic mass is 10.2. The van der Waals surface area contributed by atoms with Gasteiger partial charge in [0.1, 0.15) is 17.8 Å². The third-order valence-corrected chi connectivity index (χ3v) is 2.20. The molecule has 0 aromatic carbocycles. The first kappa shape index (κ1) is 12.3. The standard InChI is InChI=1S/C9H7F4N5/c1-3(9-14-2-15-18-9)16-6-4(10)7(12)17-8(13)5(6)11/h2-3H,1H3,(H,16,17)(H,14,15,18). The second-order valence-electron chi connectivity index (χ2n) is 3.43. The molecule has 0 fully saturated rings. The number of pyridine rings is 1. The third kappa shape index (κ3) is 2.11. The van der Waals surface area contributed by atoms with Crippen LogP contribution in [0.4, 0.5) is 23.2 Å². The molecule has 0 saturated carbocycles. The van der Waals surface area contributed by atoms with Crippen LogP contribution in [0.2, 0.25) is 0 Å². The molecule has 0 aliphatic carbocycles. The van der Waals surface area contributed by atoms with Gasteiger partial charge in [-0.1, -0.05) is 0 Å². The maximum atomic E-state index is 13.3. The first-order chi connectivity index (χ1) is 8.50. The van der Waals surface area contributed by atoms with E-state index in [1.807, 2.05) is 0 Å². The smallest absolute Gasteiger partial charge is 0.253 e. The molecule has 0 amide bonds. The van der Waals surface area contributed by atoms with E-state index < -0.39 is 35.3 Å². The van der Waals surface area contributed by atoms with Gasteiger partial charge in [0.05, 0.1) is 6.04 Å². The summed E-state index contributed by atoms with van der Waals surface area (Å²) >= 11 is 0. The lowest BCUT2D eigenvalue weighted by Crippen LogP contribution is -2.14. The van der Waals surface area contributed by atoms with E-state index in [9.17, 15) is 17.6 Å². The van der Waals surface area contributed by atoms with E-state index in [0.29, 0.717) is 0 Å². The Hall–Kier alpha value is -2.19. The van der Waals surface area contributed by atoms with Crippen LogP contribution in [0.5, 0.6) is 0 Å². The summed E-state index contributed by atoms with van der Waals surface area (Å²) in [6, 6.07) is -0.724. The molecule has 18 heavy (non-hydrogen) atoms. The lowest BCUT2D eigenvalue weighted by molar-refractivity contribution is 0.409. The van der Waals surface area contributed by atoms with Crippen molar-refractivity contribution in [2.24, 2.45) is 0 Å². The largest absolute Gasteiger partial charge is 0.370 e. The Kier molecular flexibility index (Phi) is 3.13. The quantitative estimate of drug-likeness (QED) is 0.654. The number of H-pyrrole nitrogens is 1. The van der Waals surface area contributed by atoms with Crippen LogP contribution in [0.25, 0.3) is 0 Å². The second kappa shape index (κ2) is 4.59. The van der Waals surface area contributed by atoms with Crippen molar-refractivity contribution in [2.75, 3.05) is 5.32 Å². The maximum Gasteiger partial charge on any atom is 0.253 e. The van der Waals surface area contributed by atoms with E-state index in [1.165, 1.54) is 13.3 Å². The predicted molar refractivity (Wildman–Crippen MR) is 52.5 cm³/mol. The zero-order valence-electron chi connectivity index (χ0n) is 9.01. The Bertz CT molecular complexity index is 530. The van der Waals surface area contributed by atoms with E-state index in [2.05, 4.69) is 25.5 Å². The zero-order valence-corrected chi connectivity index (χ0v) is 9.01. The fourth-order valence-electron chi connectivity index (χ4n) is 1.32. The molecule has 0 spiro atoms. The van der Waals surface area contributed by atoms with Gasteiger partial charge in [0, 0.05) is 0 Å². The summed E-state index contributed by atoms with van der Waals surface area (Å²) in [4.78, 5) is 6.18. The summed E-state index contributed by atoms with van der Waals surface area (Å²) in [6.45, 7) is 1.48. The molecule has 5 nitrogen and oxygen atoms in total. The molecule has 2 N–H and O–H groups in total. The molecule has 2 rings (SSSR count). The van der Waals surface area contributed by atoms with Gasteiger partial charge in [0.15, 0.2) is 0 Å². The molecular formula is C9H7F4N5. The number of nitrogens with one attached hydrogen (secondary N) is 2. The molecule has 0 aliphatic rings. The normalized spacial score (nSPS) is 12.5. The van der Waals surface area contributed by atoms with E-state index in [4.69, 9.17) is 0 Å². The lowest BCUT2D eigenvalue weighted by Gasteiger charge is -2.14. The molecule has 96 valence electrons. The van der Waals surface area contributed by atoms with Gasteiger partial charge in [0.25, 0.3) is 11.9 Å². The van der Waals surface area contributed by atoms with Crippen molar-refractivity contribution >= 4 is 5.69 Å².